The fraction of sp³-hybridized carbons (Fsp3) is 0.296. The quantitative estimate of drug-likeness (QED) is 0.395. The number of rotatable bonds is 6. The summed E-state index contributed by atoms with van der Waals surface area (Å²) in [6, 6.07) is 10.8. The van der Waals surface area contributed by atoms with Crippen molar-refractivity contribution in [3.63, 3.8) is 0 Å². The summed E-state index contributed by atoms with van der Waals surface area (Å²) in [5.74, 6) is -1.20. The van der Waals surface area contributed by atoms with Crippen LogP contribution in [0.1, 0.15) is 36.3 Å². The lowest BCUT2D eigenvalue weighted by Crippen LogP contribution is -2.45. The number of carbonyl (C=O) groups excluding carboxylic acids is 1. The Kier molecular flexibility index (Phi) is 6.04. The Bertz CT molecular complexity index is 1480. The van der Waals surface area contributed by atoms with Crippen molar-refractivity contribution in [2.75, 3.05) is 0 Å². The molecule has 34 heavy (non-hydrogen) atoms. The molecule has 1 amide bonds. The lowest BCUT2D eigenvalue weighted by atomic mass is 9.96. The second-order valence-corrected chi connectivity index (χ2v) is 8.95. The van der Waals surface area contributed by atoms with Gasteiger partial charge in [-0.25, -0.2) is 9.59 Å². The monoisotopic (exact) mass is 461 g/mol. The van der Waals surface area contributed by atoms with Gasteiger partial charge in [-0.3, -0.25) is 4.79 Å². The molecular formula is C27H27NO6. The third-order valence-electron chi connectivity index (χ3n) is 6.28. The highest BCUT2D eigenvalue weighted by molar-refractivity contribution is 6.06. The van der Waals surface area contributed by atoms with E-state index in [0.29, 0.717) is 27.7 Å². The van der Waals surface area contributed by atoms with Crippen LogP contribution in [0.15, 0.2) is 50.0 Å². The number of amides is 1. The molecule has 0 aliphatic carbocycles. The summed E-state index contributed by atoms with van der Waals surface area (Å²) >= 11 is 0. The minimum atomic E-state index is -1.12. The SMILES string of the molecule is Cc1oc2c(C)c3oc(=O)c(CC(=O)NC(C(=O)O)C(C)C)c(C)c3cc2c1-c1ccccc1. The number of nitrogens with one attached hydrogen (secondary N) is 1. The molecule has 2 aromatic carbocycles. The molecular weight excluding hydrogens is 434 g/mol. The summed E-state index contributed by atoms with van der Waals surface area (Å²) < 4.78 is 11.7. The van der Waals surface area contributed by atoms with Crippen molar-refractivity contribution in [1.82, 2.24) is 5.32 Å². The van der Waals surface area contributed by atoms with E-state index < -0.39 is 23.5 Å². The maximum atomic E-state index is 12.8. The molecule has 7 nitrogen and oxygen atoms in total. The fourth-order valence-corrected chi connectivity index (χ4v) is 4.44. The zero-order valence-corrected chi connectivity index (χ0v) is 19.8. The van der Waals surface area contributed by atoms with Gasteiger partial charge in [-0.15, -0.1) is 0 Å². The summed E-state index contributed by atoms with van der Waals surface area (Å²) in [7, 11) is 0. The van der Waals surface area contributed by atoms with Crippen LogP contribution in [-0.4, -0.2) is 23.0 Å². The van der Waals surface area contributed by atoms with E-state index in [1.165, 1.54) is 0 Å². The van der Waals surface area contributed by atoms with E-state index in [1.54, 1.807) is 20.8 Å². The third-order valence-corrected chi connectivity index (χ3v) is 6.28. The lowest BCUT2D eigenvalue weighted by molar-refractivity contribution is -0.143. The van der Waals surface area contributed by atoms with Gasteiger partial charge in [0.25, 0.3) is 0 Å². The number of carboxylic acid groups (broad SMARTS) is 1. The molecule has 4 rings (SSSR count). The number of aryl methyl sites for hydroxylation is 3. The van der Waals surface area contributed by atoms with Crippen LogP contribution in [0.25, 0.3) is 33.1 Å². The minimum absolute atomic E-state index is 0.207. The van der Waals surface area contributed by atoms with Gasteiger partial charge < -0.3 is 19.3 Å². The van der Waals surface area contributed by atoms with E-state index in [-0.39, 0.29) is 17.9 Å². The highest BCUT2D eigenvalue weighted by Crippen LogP contribution is 2.39. The zero-order chi connectivity index (χ0) is 24.7. The van der Waals surface area contributed by atoms with Crippen molar-refractivity contribution in [3.8, 4) is 11.1 Å². The predicted molar refractivity (Wildman–Crippen MR) is 130 cm³/mol. The van der Waals surface area contributed by atoms with Gasteiger partial charge in [0.15, 0.2) is 0 Å². The van der Waals surface area contributed by atoms with Gasteiger partial charge in [-0.1, -0.05) is 44.2 Å². The smallest absolute Gasteiger partial charge is 0.340 e. The second-order valence-electron chi connectivity index (χ2n) is 8.95. The first-order valence-corrected chi connectivity index (χ1v) is 11.2. The number of carbonyl (C=O) groups is 2. The topological polar surface area (TPSA) is 110 Å². The van der Waals surface area contributed by atoms with Gasteiger partial charge in [0, 0.05) is 21.9 Å². The largest absolute Gasteiger partial charge is 0.480 e. The van der Waals surface area contributed by atoms with Gasteiger partial charge in [-0.05, 0) is 43.9 Å². The zero-order valence-electron chi connectivity index (χ0n) is 19.8. The Morgan fingerprint density at radius 2 is 1.62 bits per heavy atom. The maximum absolute atomic E-state index is 12.8. The molecule has 0 saturated carbocycles. The maximum Gasteiger partial charge on any atom is 0.340 e. The number of furan rings is 1. The van der Waals surface area contributed by atoms with E-state index in [1.807, 2.05) is 50.2 Å². The number of benzene rings is 2. The fourth-order valence-electron chi connectivity index (χ4n) is 4.44. The molecule has 0 aliphatic rings. The molecule has 0 saturated heterocycles. The van der Waals surface area contributed by atoms with Gasteiger partial charge in [0.2, 0.25) is 5.91 Å². The third kappa shape index (κ3) is 3.98. The first-order valence-electron chi connectivity index (χ1n) is 11.2. The summed E-state index contributed by atoms with van der Waals surface area (Å²) in [6.45, 7) is 8.94. The molecule has 0 radical (unpaired) electrons. The van der Waals surface area contributed by atoms with Crippen molar-refractivity contribution < 1.29 is 23.5 Å². The molecule has 2 heterocycles. The van der Waals surface area contributed by atoms with Gasteiger partial charge in [0.1, 0.15) is 23.0 Å². The van der Waals surface area contributed by atoms with Crippen LogP contribution >= 0.6 is 0 Å². The Morgan fingerprint density at radius 1 is 0.971 bits per heavy atom. The van der Waals surface area contributed by atoms with E-state index >= 15 is 0 Å². The normalized spacial score (nSPS) is 12.4. The van der Waals surface area contributed by atoms with E-state index in [2.05, 4.69) is 5.32 Å². The molecule has 0 spiro atoms. The Hall–Kier alpha value is -3.87. The van der Waals surface area contributed by atoms with Gasteiger partial charge in [-0.2, -0.15) is 0 Å². The predicted octanol–water partition coefficient (Wildman–Crippen LogP) is 4.90. The summed E-state index contributed by atoms with van der Waals surface area (Å²) in [5.41, 5.74) is 3.97. The molecule has 1 atom stereocenters. The highest BCUT2D eigenvalue weighted by Gasteiger charge is 2.26. The first kappa shape index (κ1) is 23.3. The Balaban J connectivity index is 1.85. The molecule has 4 aromatic rings. The van der Waals surface area contributed by atoms with E-state index in [0.717, 1.165) is 22.3 Å². The Morgan fingerprint density at radius 3 is 2.24 bits per heavy atom. The molecule has 1 unspecified atom stereocenters. The van der Waals surface area contributed by atoms with Crippen molar-refractivity contribution in [2.24, 2.45) is 5.92 Å². The molecule has 0 aliphatic heterocycles. The summed E-state index contributed by atoms with van der Waals surface area (Å²) in [5, 5.41) is 13.5. The first-order chi connectivity index (χ1) is 16.1. The van der Waals surface area contributed by atoms with Crippen LogP contribution in [0.5, 0.6) is 0 Å². The number of aliphatic carboxylic acids is 1. The average Bonchev–Trinajstić information content (AvgIpc) is 3.12. The Labute approximate surface area is 196 Å². The van der Waals surface area contributed by atoms with Crippen molar-refractivity contribution in [3.05, 3.63) is 69.3 Å². The van der Waals surface area contributed by atoms with Crippen LogP contribution in [0.4, 0.5) is 0 Å². The number of carboxylic acids is 1. The van der Waals surface area contributed by atoms with Gasteiger partial charge in [0.05, 0.1) is 12.0 Å². The molecule has 0 fully saturated rings. The molecule has 7 heteroatoms. The average molecular weight is 462 g/mol. The lowest BCUT2D eigenvalue weighted by Gasteiger charge is -2.18. The van der Waals surface area contributed by atoms with E-state index in [9.17, 15) is 19.5 Å². The number of hydrogen-bond acceptors (Lipinski definition) is 5. The molecule has 176 valence electrons. The number of fused-ring (bicyclic) bond motifs is 2. The van der Waals surface area contributed by atoms with Crippen LogP contribution in [0, 0.1) is 26.7 Å². The number of hydrogen-bond donors (Lipinski definition) is 2. The van der Waals surface area contributed by atoms with Crippen molar-refractivity contribution in [1.29, 1.82) is 0 Å². The van der Waals surface area contributed by atoms with Crippen molar-refractivity contribution in [2.45, 2.75) is 47.1 Å². The molecule has 0 bridgehead atoms. The second kappa shape index (κ2) is 8.82. The van der Waals surface area contributed by atoms with Crippen LogP contribution in [0.2, 0.25) is 0 Å². The van der Waals surface area contributed by atoms with Gasteiger partial charge >= 0.3 is 11.6 Å². The molecule has 2 aromatic heterocycles. The highest BCUT2D eigenvalue weighted by atomic mass is 16.4. The van der Waals surface area contributed by atoms with E-state index in [4.69, 9.17) is 8.83 Å². The standard InChI is InChI=1S/C27H27NO6/c1-13(2)23(26(30)31)28-21(29)12-19-14(3)18-11-20-22(17-9-7-6-8-10-17)16(5)33-25(20)15(4)24(18)34-27(19)32/h6-11,13,23H,12H2,1-5H3,(H,28,29)(H,30,31). The molecule has 2 N–H and O–H groups in total. The van der Waals surface area contributed by atoms with Crippen LogP contribution in [-0.2, 0) is 16.0 Å². The minimum Gasteiger partial charge on any atom is -0.480 e. The van der Waals surface area contributed by atoms with Crippen molar-refractivity contribution >= 4 is 33.8 Å². The summed E-state index contributed by atoms with van der Waals surface area (Å²) in [4.78, 5) is 36.9. The van der Waals surface area contributed by atoms with Crippen LogP contribution < -0.4 is 10.9 Å². The van der Waals surface area contributed by atoms with Crippen LogP contribution in [0.3, 0.4) is 0 Å². The summed E-state index contributed by atoms with van der Waals surface area (Å²) in [6.07, 6.45) is -0.270.